The highest BCUT2D eigenvalue weighted by molar-refractivity contribution is 5.83. The number of carboxylic acids is 1. The topological polar surface area (TPSA) is 69.6 Å². The molecular weight excluding hydrogens is 208 g/mol. The van der Waals surface area contributed by atoms with Gasteiger partial charge >= 0.3 is 12.0 Å². The quantitative estimate of drug-likeness (QED) is 0.761. The van der Waals surface area contributed by atoms with Crippen LogP contribution in [0.2, 0.25) is 0 Å². The van der Waals surface area contributed by atoms with Crippen molar-refractivity contribution in [3.8, 4) is 0 Å². The Morgan fingerprint density at radius 2 is 2.19 bits per heavy atom. The number of likely N-dealkylation sites (tertiary alicyclic amines) is 1. The van der Waals surface area contributed by atoms with Crippen molar-refractivity contribution in [2.75, 3.05) is 13.1 Å². The molecule has 2 N–H and O–H groups in total. The van der Waals surface area contributed by atoms with Crippen LogP contribution in [-0.2, 0) is 4.79 Å². The van der Waals surface area contributed by atoms with Crippen molar-refractivity contribution in [2.24, 2.45) is 5.92 Å². The standard InChI is InChI=1S/C11H20N2O3/c1-8(2)5-6-12-11(16)13-7-3-4-9(13)10(14)15/h8-9H,3-7H2,1-2H3,(H,12,16)(H,14,15)/t9-/m1/s1. The summed E-state index contributed by atoms with van der Waals surface area (Å²) in [5.41, 5.74) is 0. The Labute approximate surface area is 95.8 Å². The molecule has 2 amide bonds. The summed E-state index contributed by atoms with van der Waals surface area (Å²) < 4.78 is 0. The van der Waals surface area contributed by atoms with E-state index in [-0.39, 0.29) is 6.03 Å². The first-order valence-corrected chi connectivity index (χ1v) is 5.79. The second-order valence-electron chi connectivity index (χ2n) is 4.60. The Balaban J connectivity index is 2.38. The minimum Gasteiger partial charge on any atom is -0.480 e. The van der Waals surface area contributed by atoms with E-state index in [1.807, 2.05) is 0 Å². The van der Waals surface area contributed by atoms with Crippen molar-refractivity contribution in [1.29, 1.82) is 0 Å². The number of carbonyl (C=O) groups excluding carboxylic acids is 1. The summed E-state index contributed by atoms with van der Waals surface area (Å²) in [6.07, 6.45) is 2.25. The fraction of sp³-hybridized carbons (Fsp3) is 0.818. The molecule has 1 aliphatic heterocycles. The fourth-order valence-electron chi connectivity index (χ4n) is 1.84. The summed E-state index contributed by atoms with van der Waals surface area (Å²) in [5, 5.41) is 11.7. The molecule has 1 aliphatic rings. The van der Waals surface area contributed by atoms with Gasteiger partial charge in [0.2, 0.25) is 0 Å². The molecule has 0 aromatic carbocycles. The lowest BCUT2D eigenvalue weighted by Crippen LogP contribution is -2.46. The Bertz CT molecular complexity index is 266. The smallest absolute Gasteiger partial charge is 0.326 e. The first-order chi connectivity index (χ1) is 7.52. The minimum atomic E-state index is -0.906. The normalized spacial score (nSPS) is 20.2. The maximum absolute atomic E-state index is 11.7. The zero-order chi connectivity index (χ0) is 12.1. The number of amides is 2. The van der Waals surface area contributed by atoms with Crippen LogP contribution in [0.3, 0.4) is 0 Å². The average Bonchev–Trinajstić information content (AvgIpc) is 2.65. The molecule has 0 saturated carbocycles. The van der Waals surface area contributed by atoms with Crippen LogP contribution in [-0.4, -0.2) is 41.1 Å². The molecule has 0 aromatic rings. The maximum atomic E-state index is 11.7. The summed E-state index contributed by atoms with van der Waals surface area (Å²) >= 11 is 0. The van der Waals surface area contributed by atoms with Crippen LogP contribution in [0.25, 0.3) is 0 Å². The Morgan fingerprint density at radius 1 is 1.50 bits per heavy atom. The number of rotatable bonds is 4. The molecule has 0 aliphatic carbocycles. The predicted molar refractivity (Wildman–Crippen MR) is 60.2 cm³/mol. The van der Waals surface area contributed by atoms with Gasteiger partial charge in [0.25, 0.3) is 0 Å². The van der Waals surface area contributed by atoms with Crippen molar-refractivity contribution in [3.05, 3.63) is 0 Å². The fourth-order valence-corrected chi connectivity index (χ4v) is 1.84. The molecule has 16 heavy (non-hydrogen) atoms. The van der Waals surface area contributed by atoms with Crippen molar-refractivity contribution in [3.63, 3.8) is 0 Å². The number of hydrogen-bond donors (Lipinski definition) is 2. The van der Waals surface area contributed by atoms with Crippen LogP contribution in [0, 0.1) is 5.92 Å². The number of carbonyl (C=O) groups is 2. The molecule has 0 spiro atoms. The molecule has 0 aromatic heterocycles. The van der Waals surface area contributed by atoms with E-state index in [4.69, 9.17) is 5.11 Å². The van der Waals surface area contributed by atoms with E-state index < -0.39 is 12.0 Å². The molecule has 5 nitrogen and oxygen atoms in total. The molecule has 92 valence electrons. The minimum absolute atomic E-state index is 0.245. The molecule has 1 fully saturated rings. The number of aliphatic carboxylic acids is 1. The van der Waals surface area contributed by atoms with Crippen LogP contribution in [0.5, 0.6) is 0 Å². The van der Waals surface area contributed by atoms with Gasteiger partial charge in [0.15, 0.2) is 0 Å². The van der Waals surface area contributed by atoms with Gasteiger partial charge in [-0.15, -0.1) is 0 Å². The molecule has 1 heterocycles. The van der Waals surface area contributed by atoms with Gasteiger partial charge in [-0.05, 0) is 25.2 Å². The van der Waals surface area contributed by atoms with Crippen LogP contribution >= 0.6 is 0 Å². The van der Waals surface area contributed by atoms with Gasteiger partial charge in [0.1, 0.15) is 6.04 Å². The molecule has 1 saturated heterocycles. The number of urea groups is 1. The third kappa shape index (κ3) is 3.40. The van der Waals surface area contributed by atoms with Gasteiger partial charge in [-0.3, -0.25) is 0 Å². The summed E-state index contributed by atoms with van der Waals surface area (Å²) in [4.78, 5) is 24.0. The third-order valence-corrected chi connectivity index (χ3v) is 2.80. The van der Waals surface area contributed by atoms with E-state index in [1.54, 1.807) is 0 Å². The lowest BCUT2D eigenvalue weighted by Gasteiger charge is -2.22. The van der Waals surface area contributed by atoms with Gasteiger partial charge in [0, 0.05) is 13.1 Å². The molecule has 5 heteroatoms. The van der Waals surface area contributed by atoms with Crippen molar-refractivity contribution in [1.82, 2.24) is 10.2 Å². The van der Waals surface area contributed by atoms with E-state index in [1.165, 1.54) is 4.90 Å². The Morgan fingerprint density at radius 3 is 2.75 bits per heavy atom. The van der Waals surface area contributed by atoms with Crippen LogP contribution in [0.4, 0.5) is 4.79 Å². The zero-order valence-corrected chi connectivity index (χ0v) is 9.90. The molecular formula is C11H20N2O3. The number of hydrogen-bond acceptors (Lipinski definition) is 2. The van der Waals surface area contributed by atoms with Crippen LogP contribution in [0.1, 0.15) is 33.1 Å². The van der Waals surface area contributed by atoms with Crippen LogP contribution in [0.15, 0.2) is 0 Å². The van der Waals surface area contributed by atoms with Gasteiger partial charge in [-0.1, -0.05) is 13.8 Å². The van der Waals surface area contributed by atoms with E-state index in [9.17, 15) is 9.59 Å². The number of nitrogens with zero attached hydrogens (tertiary/aromatic N) is 1. The predicted octanol–water partition coefficient (Wildman–Crippen LogP) is 1.29. The van der Waals surface area contributed by atoms with Gasteiger partial charge in [-0.25, -0.2) is 9.59 Å². The largest absolute Gasteiger partial charge is 0.480 e. The average molecular weight is 228 g/mol. The summed E-state index contributed by atoms with van der Waals surface area (Å²) in [6, 6.07) is -0.885. The highest BCUT2D eigenvalue weighted by atomic mass is 16.4. The maximum Gasteiger partial charge on any atom is 0.326 e. The third-order valence-electron chi connectivity index (χ3n) is 2.80. The van der Waals surface area contributed by atoms with Gasteiger partial charge in [-0.2, -0.15) is 0 Å². The zero-order valence-electron chi connectivity index (χ0n) is 9.90. The highest BCUT2D eigenvalue weighted by Gasteiger charge is 2.33. The van der Waals surface area contributed by atoms with Crippen molar-refractivity contribution < 1.29 is 14.7 Å². The monoisotopic (exact) mass is 228 g/mol. The van der Waals surface area contributed by atoms with Crippen molar-refractivity contribution >= 4 is 12.0 Å². The van der Waals surface area contributed by atoms with Gasteiger partial charge in [0.05, 0.1) is 0 Å². The number of nitrogens with one attached hydrogen (secondary N) is 1. The lowest BCUT2D eigenvalue weighted by molar-refractivity contribution is -0.141. The van der Waals surface area contributed by atoms with Gasteiger partial charge < -0.3 is 15.3 Å². The summed E-state index contributed by atoms with van der Waals surface area (Å²) in [6.45, 7) is 5.33. The molecule has 0 unspecified atom stereocenters. The molecule has 1 atom stereocenters. The van der Waals surface area contributed by atoms with Crippen molar-refractivity contribution in [2.45, 2.75) is 39.2 Å². The van der Waals surface area contributed by atoms with E-state index in [2.05, 4.69) is 19.2 Å². The second-order valence-corrected chi connectivity index (χ2v) is 4.60. The SMILES string of the molecule is CC(C)CCNC(=O)N1CCC[C@@H]1C(=O)O. The highest BCUT2D eigenvalue weighted by Crippen LogP contribution is 2.17. The second kappa shape index (κ2) is 5.72. The van der Waals surface area contributed by atoms with E-state index in [0.717, 1.165) is 12.8 Å². The lowest BCUT2D eigenvalue weighted by atomic mass is 10.1. The van der Waals surface area contributed by atoms with E-state index >= 15 is 0 Å². The molecule has 0 bridgehead atoms. The Hall–Kier alpha value is -1.26. The summed E-state index contributed by atoms with van der Waals surface area (Å²) in [7, 11) is 0. The molecule has 0 radical (unpaired) electrons. The Kier molecular flexibility index (Phi) is 4.58. The van der Waals surface area contributed by atoms with E-state index in [0.29, 0.717) is 25.4 Å². The first-order valence-electron chi connectivity index (χ1n) is 5.79. The van der Waals surface area contributed by atoms with Crippen LogP contribution < -0.4 is 5.32 Å². The summed E-state index contributed by atoms with van der Waals surface area (Å²) in [5.74, 6) is -0.370. The first kappa shape index (κ1) is 12.8. The number of carboxylic acid groups (broad SMARTS) is 1. The molecule has 1 rings (SSSR count).